The normalized spacial score (nSPS) is 11.7. The summed E-state index contributed by atoms with van der Waals surface area (Å²) in [4.78, 5) is 0. The lowest BCUT2D eigenvalue weighted by molar-refractivity contribution is 0.584. The molecule has 4 heterocycles. The van der Waals surface area contributed by atoms with Crippen LogP contribution in [0.5, 0.6) is 0 Å². The maximum absolute atomic E-state index is 6.12. The van der Waals surface area contributed by atoms with Crippen LogP contribution in [-0.2, 0) is 0 Å². The third-order valence-electron chi connectivity index (χ3n) is 11.3. The molecule has 282 valence electrons. The van der Waals surface area contributed by atoms with E-state index in [4.69, 9.17) is 8.83 Å². The topological polar surface area (TPSA) is 87.7 Å². The second-order valence-electron chi connectivity index (χ2n) is 14.8. The largest absolute Gasteiger partial charge is 0.416 e. The fraction of sp³-hybridized carbons (Fsp3) is 0. The van der Waals surface area contributed by atoms with Crippen LogP contribution in [0.1, 0.15) is 0 Å². The van der Waals surface area contributed by atoms with Gasteiger partial charge in [0.1, 0.15) is 0 Å². The van der Waals surface area contributed by atoms with E-state index in [0.29, 0.717) is 23.6 Å². The van der Waals surface area contributed by atoms with Crippen LogP contribution in [0.2, 0.25) is 0 Å². The Morgan fingerprint density at radius 2 is 0.583 bits per heavy atom. The van der Waals surface area contributed by atoms with Gasteiger partial charge >= 0.3 is 0 Å². The predicted molar refractivity (Wildman–Crippen MR) is 238 cm³/mol. The number of hydrogen-bond acceptors (Lipinski definition) is 6. The second kappa shape index (κ2) is 13.6. The van der Waals surface area contributed by atoms with E-state index in [2.05, 4.69) is 163 Å². The lowest BCUT2D eigenvalue weighted by Gasteiger charge is -2.17. The zero-order valence-corrected chi connectivity index (χ0v) is 32.0. The summed E-state index contributed by atoms with van der Waals surface area (Å²) in [5.74, 6) is 1.95. The van der Waals surface area contributed by atoms with Gasteiger partial charge in [-0.3, -0.25) is 0 Å². The quantitative estimate of drug-likeness (QED) is 0.160. The molecule has 0 N–H and O–H groups in total. The van der Waals surface area contributed by atoms with Gasteiger partial charge in [-0.2, -0.15) is 0 Å². The molecule has 0 aliphatic rings. The molecular formula is C52H32N6O2. The van der Waals surface area contributed by atoms with Crippen LogP contribution in [0.3, 0.4) is 0 Å². The summed E-state index contributed by atoms with van der Waals surface area (Å²) in [5.41, 5.74) is 12.3. The van der Waals surface area contributed by atoms with Crippen LogP contribution in [0, 0.1) is 0 Å². The van der Waals surface area contributed by atoms with Crippen LogP contribution in [0.15, 0.2) is 203 Å². The second-order valence-corrected chi connectivity index (χ2v) is 14.8. The van der Waals surface area contributed by atoms with Crippen LogP contribution >= 0.6 is 0 Å². The van der Waals surface area contributed by atoms with Crippen molar-refractivity contribution < 1.29 is 8.83 Å². The van der Waals surface area contributed by atoms with Gasteiger partial charge in [-0.25, -0.2) is 9.35 Å². The molecule has 0 aliphatic carbocycles. The van der Waals surface area contributed by atoms with Gasteiger partial charge in [-0.05, 0) is 71.8 Å². The molecule has 8 nitrogen and oxygen atoms in total. The van der Waals surface area contributed by atoms with Crippen molar-refractivity contribution in [3.63, 3.8) is 0 Å². The van der Waals surface area contributed by atoms with Gasteiger partial charge in [-0.15, -0.1) is 20.4 Å². The number of para-hydroxylation sites is 4. The zero-order valence-electron chi connectivity index (χ0n) is 32.0. The third kappa shape index (κ3) is 5.39. The minimum atomic E-state index is 0.479. The molecule has 0 unspecified atom stereocenters. The Balaban J connectivity index is 1.03. The van der Waals surface area contributed by atoms with Gasteiger partial charge in [0.25, 0.3) is 0 Å². The molecule has 0 fully saturated rings. The standard InChI is InChI=1S/C52H32N6O2/c1-3-13-35(14-4-1)49-53-55-51(59-49)37-29-25-33(26-30-37)39-19-11-21-43-41-17-7-9-23-45(41)57(47(39)43)58-46-24-10-8-18-42(46)44-22-12-20-40(48(44)58)34-27-31-38(32-28-34)52-56-54-50(60-52)36-15-5-2-6-16-36/h1-32H. The fourth-order valence-corrected chi connectivity index (χ4v) is 8.53. The summed E-state index contributed by atoms with van der Waals surface area (Å²) in [6.45, 7) is 0. The highest BCUT2D eigenvalue weighted by Gasteiger charge is 2.23. The average Bonchev–Trinajstić information content (AvgIpc) is 4.14. The Kier molecular flexibility index (Phi) is 7.67. The molecule has 8 aromatic carbocycles. The van der Waals surface area contributed by atoms with Crippen LogP contribution in [0.25, 0.3) is 112 Å². The van der Waals surface area contributed by atoms with E-state index in [0.717, 1.165) is 66.6 Å². The van der Waals surface area contributed by atoms with Gasteiger partial charge < -0.3 is 8.83 Å². The summed E-state index contributed by atoms with van der Waals surface area (Å²) < 4.78 is 17.0. The highest BCUT2D eigenvalue weighted by Crippen LogP contribution is 2.42. The minimum absolute atomic E-state index is 0.479. The molecule has 0 radical (unpaired) electrons. The van der Waals surface area contributed by atoms with Crippen LogP contribution in [0.4, 0.5) is 0 Å². The summed E-state index contributed by atoms with van der Waals surface area (Å²) >= 11 is 0. The van der Waals surface area contributed by atoms with Crippen molar-refractivity contribution in [2.45, 2.75) is 0 Å². The van der Waals surface area contributed by atoms with E-state index < -0.39 is 0 Å². The highest BCUT2D eigenvalue weighted by molar-refractivity contribution is 6.16. The maximum atomic E-state index is 6.12. The van der Waals surface area contributed by atoms with Crippen molar-refractivity contribution in [2.75, 3.05) is 0 Å². The summed E-state index contributed by atoms with van der Waals surface area (Å²) in [6, 6.07) is 67.0. The number of benzene rings is 8. The van der Waals surface area contributed by atoms with E-state index in [9.17, 15) is 0 Å². The third-order valence-corrected chi connectivity index (χ3v) is 11.3. The van der Waals surface area contributed by atoms with Crippen molar-refractivity contribution in [3.8, 4) is 68.1 Å². The SMILES string of the molecule is c1ccc(-c2nnc(-c3ccc(-c4cccc5c6ccccc6n(-n6c7ccccc7c7cccc(-c8ccc(-c9nnc(-c%10ccccc%10)o9)cc8)c76)c45)cc3)o2)cc1. The minimum Gasteiger partial charge on any atom is -0.416 e. The molecule has 0 bridgehead atoms. The summed E-state index contributed by atoms with van der Waals surface area (Å²) in [6.07, 6.45) is 0. The monoisotopic (exact) mass is 772 g/mol. The first kappa shape index (κ1) is 33.7. The molecule has 60 heavy (non-hydrogen) atoms. The molecule has 8 heteroatoms. The number of nitrogens with zero attached hydrogens (tertiary/aromatic N) is 6. The van der Waals surface area contributed by atoms with Gasteiger partial charge in [0.05, 0.1) is 22.1 Å². The molecule has 12 aromatic rings. The van der Waals surface area contributed by atoms with Crippen molar-refractivity contribution in [2.24, 2.45) is 0 Å². The smallest absolute Gasteiger partial charge is 0.248 e. The van der Waals surface area contributed by atoms with Gasteiger partial charge in [0.15, 0.2) is 0 Å². The van der Waals surface area contributed by atoms with Crippen molar-refractivity contribution in [3.05, 3.63) is 194 Å². The van der Waals surface area contributed by atoms with E-state index in [1.807, 2.05) is 60.7 Å². The van der Waals surface area contributed by atoms with E-state index in [1.54, 1.807) is 0 Å². The lowest BCUT2D eigenvalue weighted by Crippen LogP contribution is -2.09. The van der Waals surface area contributed by atoms with Crippen molar-refractivity contribution in [1.82, 2.24) is 29.7 Å². The zero-order chi connectivity index (χ0) is 39.6. The lowest BCUT2D eigenvalue weighted by atomic mass is 10.0. The van der Waals surface area contributed by atoms with E-state index in [1.165, 1.54) is 21.5 Å². The molecule has 0 spiro atoms. The predicted octanol–water partition coefficient (Wildman–Crippen LogP) is 13.0. The van der Waals surface area contributed by atoms with Crippen LogP contribution in [-0.4, -0.2) is 29.7 Å². The fourth-order valence-electron chi connectivity index (χ4n) is 8.53. The Labute approximate surface area is 343 Å². The van der Waals surface area contributed by atoms with Crippen LogP contribution < -0.4 is 0 Å². The molecule has 12 rings (SSSR count). The first-order valence-corrected chi connectivity index (χ1v) is 19.8. The number of hydrogen-bond donors (Lipinski definition) is 0. The van der Waals surface area contributed by atoms with E-state index in [-0.39, 0.29) is 0 Å². The Bertz CT molecular complexity index is 3290. The first-order chi connectivity index (χ1) is 29.8. The molecule has 0 aliphatic heterocycles. The number of fused-ring (bicyclic) bond motifs is 6. The molecule has 0 amide bonds. The van der Waals surface area contributed by atoms with Gasteiger partial charge in [0, 0.05) is 54.9 Å². The van der Waals surface area contributed by atoms with Gasteiger partial charge in [-0.1, -0.05) is 133 Å². The average molecular weight is 773 g/mol. The Hall–Kier alpha value is -8.36. The van der Waals surface area contributed by atoms with Gasteiger partial charge in [0.2, 0.25) is 23.6 Å². The van der Waals surface area contributed by atoms with E-state index >= 15 is 0 Å². The highest BCUT2D eigenvalue weighted by atomic mass is 16.4. The molecule has 0 saturated heterocycles. The molecule has 0 atom stereocenters. The number of rotatable bonds is 7. The first-order valence-electron chi connectivity index (χ1n) is 19.8. The molecular weight excluding hydrogens is 741 g/mol. The maximum Gasteiger partial charge on any atom is 0.248 e. The van der Waals surface area contributed by atoms with Crippen molar-refractivity contribution in [1.29, 1.82) is 0 Å². The summed E-state index contributed by atoms with van der Waals surface area (Å²) in [7, 11) is 0. The molecule has 0 saturated carbocycles. The number of aromatic nitrogens is 6. The Morgan fingerprint density at radius 3 is 0.983 bits per heavy atom. The molecule has 4 aromatic heterocycles. The summed E-state index contributed by atoms with van der Waals surface area (Å²) in [5, 5.41) is 22.1. The Morgan fingerprint density at radius 1 is 0.267 bits per heavy atom. The van der Waals surface area contributed by atoms with Crippen molar-refractivity contribution >= 4 is 43.6 Å².